The third kappa shape index (κ3) is 4.68. The first-order valence-electron chi connectivity index (χ1n) is 7.58. The van der Waals surface area contributed by atoms with E-state index in [0.717, 1.165) is 18.2 Å². The van der Waals surface area contributed by atoms with Gasteiger partial charge in [-0.05, 0) is 6.92 Å². The molecule has 25 heavy (non-hydrogen) atoms. The van der Waals surface area contributed by atoms with Crippen LogP contribution in [-0.4, -0.2) is 69.7 Å². The Labute approximate surface area is 142 Å². The van der Waals surface area contributed by atoms with E-state index in [1.807, 2.05) is 11.8 Å². The van der Waals surface area contributed by atoms with Crippen molar-refractivity contribution in [1.82, 2.24) is 9.96 Å². The van der Waals surface area contributed by atoms with Gasteiger partial charge in [-0.2, -0.15) is 0 Å². The van der Waals surface area contributed by atoms with Crippen LogP contribution in [0, 0.1) is 20.2 Å². The Morgan fingerprint density at radius 1 is 1.24 bits per heavy atom. The zero-order chi connectivity index (χ0) is 18.6. The fraction of sp³-hybridized carbons (Fsp3) is 0.500. The highest BCUT2D eigenvalue weighted by atomic mass is 16.7. The maximum Gasteiger partial charge on any atom is 0.357 e. The molecule has 1 fully saturated rings. The summed E-state index contributed by atoms with van der Waals surface area (Å²) >= 11 is 0. The minimum atomic E-state index is -0.894. The van der Waals surface area contributed by atoms with Crippen molar-refractivity contribution < 1.29 is 24.6 Å². The highest BCUT2D eigenvalue weighted by molar-refractivity contribution is 5.90. The molecule has 1 aliphatic heterocycles. The van der Waals surface area contributed by atoms with Crippen molar-refractivity contribution in [2.75, 3.05) is 32.8 Å². The minimum Gasteiger partial charge on any atom is -0.395 e. The molecular weight excluding hydrogens is 336 g/mol. The van der Waals surface area contributed by atoms with Crippen LogP contribution in [0.5, 0.6) is 0 Å². The van der Waals surface area contributed by atoms with Gasteiger partial charge in [0.1, 0.15) is 0 Å². The van der Waals surface area contributed by atoms with E-state index in [9.17, 15) is 25.0 Å². The van der Waals surface area contributed by atoms with Crippen LogP contribution >= 0.6 is 0 Å². The summed E-state index contributed by atoms with van der Waals surface area (Å²) in [5.74, 6) is -0.894. The van der Waals surface area contributed by atoms with E-state index >= 15 is 0 Å². The van der Waals surface area contributed by atoms with Crippen molar-refractivity contribution in [3.05, 3.63) is 44.0 Å². The smallest absolute Gasteiger partial charge is 0.357 e. The van der Waals surface area contributed by atoms with Crippen molar-refractivity contribution in [2.45, 2.75) is 13.0 Å². The number of nitro benzene ring substituents is 2. The molecule has 1 atom stereocenters. The fourth-order valence-electron chi connectivity index (χ4n) is 2.60. The molecule has 11 nitrogen and oxygen atoms in total. The molecule has 136 valence electrons. The number of nitro groups is 2. The van der Waals surface area contributed by atoms with E-state index in [1.54, 1.807) is 0 Å². The first-order valence-corrected chi connectivity index (χ1v) is 7.58. The SMILES string of the molecule is CC1CN(OC(=O)c2cc([N+](=O)[O-])cc([N+](=O)[O-])c2)CCN1CCO. The largest absolute Gasteiger partial charge is 0.395 e. The maximum absolute atomic E-state index is 12.2. The molecule has 1 heterocycles. The molecule has 0 aliphatic carbocycles. The molecule has 2 rings (SSSR count). The number of aliphatic hydroxyl groups excluding tert-OH is 1. The van der Waals surface area contributed by atoms with E-state index < -0.39 is 27.2 Å². The van der Waals surface area contributed by atoms with Crippen molar-refractivity contribution in [1.29, 1.82) is 0 Å². The van der Waals surface area contributed by atoms with Gasteiger partial charge in [0.25, 0.3) is 11.4 Å². The second kappa shape index (κ2) is 7.96. The van der Waals surface area contributed by atoms with Gasteiger partial charge in [-0.25, -0.2) is 4.79 Å². The van der Waals surface area contributed by atoms with Gasteiger partial charge in [0.05, 0.1) is 34.6 Å². The number of piperazine rings is 1. The number of hydrogen-bond acceptors (Lipinski definition) is 9. The summed E-state index contributed by atoms with van der Waals surface area (Å²) < 4.78 is 0. The van der Waals surface area contributed by atoms with Gasteiger partial charge in [0, 0.05) is 37.8 Å². The molecule has 1 N–H and O–H groups in total. The number of non-ortho nitro benzene ring substituents is 2. The van der Waals surface area contributed by atoms with Gasteiger partial charge in [-0.1, -0.05) is 0 Å². The van der Waals surface area contributed by atoms with Crippen LogP contribution in [-0.2, 0) is 4.84 Å². The van der Waals surface area contributed by atoms with Crippen LogP contribution in [0.2, 0.25) is 0 Å². The van der Waals surface area contributed by atoms with Gasteiger partial charge >= 0.3 is 5.97 Å². The Hall–Kier alpha value is -2.63. The fourth-order valence-corrected chi connectivity index (χ4v) is 2.60. The number of rotatable bonds is 6. The Kier molecular flexibility index (Phi) is 5.96. The van der Waals surface area contributed by atoms with Gasteiger partial charge in [0.2, 0.25) is 0 Å². The molecule has 11 heteroatoms. The topological polar surface area (TPSA) is 139 Å². The van der Waals surface area contributed by atoms with Gasteiger partial charge in [-0.15, -0.1) is 5.06 Å². The summed E-state index contributed by atoms with van der Waals surface area (Å²) in [6, 6.07) is 2.71. The third-order valence-electron chi connectivity index (χ3n) is 3.89. The predicted octanol–water partition coefficient (Wildman–Crippen LogP) is 0.573. The summed E-state index contributed by atoms with van der Waals surface area (Å²) in [5.41, 5.74) is -1.36. The average molecular weight is 354 g/mol. The van der Waals surface area contributed by atoms with E-state index in [1.165, 1.54) is 5.06 Å². The molecule has 1 aromatic rings. The number of carbonyl (C=O) groups excluding carboxylic acids is 1. The van der Waals surface area contributed by atoms with Crippen molar-refractivity contribution in [3.63, 3.8) is 0 Å². The Balaban J connectivity index is 2.11. The number of β-amino-alcohol motifs (C(OH)–C–C–N with tert-alkyl or cyclic N) is 1. The molecule has 0 radical (unpaired) electrons. The first kappa shape index (κ1) is 18.7. The predicted molar refractivity (Wildman–Crippen MR) is 84.9 cm³/mol. The molecular formula is C14H18N4O7. The molecule has 0 bridgehead atoms. The maximum atomic E-state index is 12.2. The zero-order valence-electron chi connectivity index (χ0n) is 13.5. The van der Waals surface area contributed by atoms with Gasteiger partial charge < -0.3 is 9.94 Å². The molecule has 0 saturated carbocycles. The normalized spacial score (nSPS) is 18.7. The number of hydroxylamine groups is 2. The minimum absolute atomic E-state index is 0.0292. The van der Waals surface area contributed by atoms with Crippen LogP contribution in [0.4, 0.5) is 11.4 Å². The Morgan fingerprint density at radius 3 is 2.32 bits per heavy atom. The quantitative estimate of drug-likeness (QED) is 0.573. The summed E-state index contributed by atoms with van der Waals surface area (Å²) in [4.78, 5) is 39.6. The standard InChI is InChI=1S/C14H18N4O7/c1-10-9-16(3-2-15(10)4-5-19)25-14(20)11-6-12(17(21)22)8-13(7-11)18(23)24/h6-8,10,19H,2-5,9H2,1H3. The monoisotopic (exact) mass is 354 g/mol. The molecule has 0 aromatic heterocycles. The molecule has 1 unspecified atom stereocenters. The van der Waals surface area contributed by atoms with Crippen LogP contribution in [0.25, 0.3) is 0 Å². The Bertz CT molecular complexity index is 649. The molecule has 0 spiro atoms. The van der Waals surface area contributed by atoms with Gasteiger partial charge in [0.15, 0.2) is 0 Å². The summed E-state index contributed by atoms with van der Waals surface area (Å²) in [6.45, 7) is 3.81. The second-order valence-corrected chi connectivity index (χ2v) is 5.63. The van der Waals surface area contributed by atoms with Crippen LogP contribution in [0.3, 0.4) is 0 Å². The van der Waals surface area contributed by atoms with E-state index in [4.69, 9.17) is 9.94 Å². The molecule has 1 aliphatic rings. The second-order valence-electron chi connectivity index (χ2n) is 5.63. The zero-order valence-corrected chi connectivity index (χ0v) is 13.5. The Morgan fingerprint density at radius 2 is 1.84 bits per heavy atom. The van der Waals surface area contributed by atoms with E-state index in [-0.39, 0.29) is 18.2 Å². The van der Waals surface area contributed by atoms with Crippen LogP contribution in [0.1, 0.15) is 17.3 Å². The lowest BCUT2D eigenvalue weighted by Crippen LogP contribution is -2.52. The number of benzene rings is 1. The highest BCUT2D eigenvalue weighted by Gasteiger charge is 2.27. The lowest BCUT2D eigenvalue weighted by Gasteiger charge is -2.38. The number of hydrogen-bond donors (Lipinski definition) is 1. The number of carbonyl (C=O) groups is 1. The number of aliphatic hydroxyl groups is 1. The first-order chi connectivity index (χ1) is 11.8. The molecule has 0 amide bonds. The van der Waals surface area contributed by atoms with Crippen molar-refractivity contribution in [3.8, 4) is 0 Å². The third-order valence-corrected chi connectivity index (χ3v) is 3.89. The summed E-state index contributed by atoms with van der Waals surface area (Å²) in [6.07, 6.45) is 0. The van der Waals surface area contributed by atoms with Crippen molar-refractivity contribution >= 4 is 17.3 Å². The lowest BCUT2D eigenvalue weighted by atomic mass is 10.2. The summed E-state index contributed by atoms with van der Waals surface area (Å²) in [7, 11) is 0. The average Bonchev–Trinajstić information content (AvgIpc) is 2.56. The number of nitrogens with zero attached hydrogens (tertiary/aromatic N) is 4. The van der Waals surface area contributed by atoms with Crippen molar-refractivity contribution in [2.24, 2.45) is 0 Å². The van der Waals surface area contributed by atoms with E-state index in [0.29, 0.717) is 26.2 Å². The van der Waals surface area contributed by atoms with Crippen LogP contribution in [0.15, 0.2) is 18.2 Å². The summed E-state index contributed by atoms with van der Waals surface area (Å²) in [5, 5.41) is 32.1. The lowest BCUT2D eigenvalue weighted by molar-refractivity contribution is -0.394. The van der Waals surface area contributed by atoms with E-state index in [2.05, 4.69) is 0 Å². The molecule has 1 aromatic carbocycles. The molecule has 1 saturated heterocycles. The highest BCUT2D eigenvalue weighted by Crippen LogP contribution is 2.23. The van der Waals surface area contributed by atoms with Gasteiger partial charge in [-0.3, -0.25) is 25.1 Å². The van der Waals surface area contributed by atoms with Crippen LogP contribution < -0.4 is 0 Å².